The van der Waals surface area contributed by atoms with Crippen LogP contribution in [0.2, 0.25) is 0 Å². The Labute approximate surface area is 114 Å². The molecule has 7 nitrogen and oxygen atoms in total. The molecular formula is C13H11N5O2. The van der Waals surface area contributed by atoms with E-state index in [0.717, 1.165) is 5.56 Å². The Morgan fingerprint density at radius 1 is 1.45 bits per heavy atom. The number of hydrazine groups is 1. The number of nitrogen functional groups attached to an aromatic ring is 1. The first kappa shape index (κ1) is 13.5. The van der Waals surface area contributed by atoms with Gasteiger partial charge in [0.2, 0.25) is 0 Å². The van der Waals surface area contributed by atoms with Crippen LogP contribution in [-0.4, -0.2) is 9.91 Å². The van der Waals surface area contributed by atoms with Crippen LogP contribution in [0.5, 0.6) is 0 Å². The SMILES string of the molecule is Cc1cc(C#N)c(NN)nc1-c1cccc([N+](=O)[O-])c1. The van der Waals surface area contributed by atoms with Crippen molar-refractivity contribution in [2.24, 2.45) is 5.84 Å². The number of pyridine rings is 1. The molecular weight excluding hydrogens is 258 g/mol. The zero-order chi connectivity index (χ0) is 14.7. The maximum atomic E-state index is 10.8. The summed E-state index contributed by atoms with van der Waals surface area (Å²) in [6, 6.07) is 9.76. The van der Waals surface area contributed by atoms with Gasteiger partial charge in [0, 0.05) is 17.7 Å². The van der Waals surface area contributed by atoms with Gasteiger partial charge in [-0.05, 0) is 18.6 Å². The Kier molecular flexibility index (Phi) is 3.59. The lowest BCUT2D eigenvalue weighted by atomic mass is 10.0. The molecule has 1 aromatic heterocycles. The van der Waals surface area contributed by atoms with Gasteiger partial charge in [-0.1, -0.05) is 12.1 Å². The van der Waals surface area contributed by atoms with Crippen molar-refractivity contribution >= 4 is 11.5 Å². The summed E-state index contributed by atoms with van der Waals surface area (Å²) in [6.45, 7) is 1.78. The van der Waals surface area contributed by atoms with Crippen LogP contribution in [0.15, 0.2) is 30.3 Å². The topological polar surface area (TPSA) is 118 Å². The average molecular weight is 269 g/mol. The minimum absolute atomic E-state index is 0.0182. The van der Waals surface area contributed by atoms with E-state index in [2.05, 4.69) is 10.4 Å². The van der Waals surface area contributed by atoms with Gasteiger partial charge in [-0.3, -0.25) is 10.1 Å². The van der Waals surface area contributed by atoms with Gasteiger partial charge >= 0.3 is 0 Å². The van der Waals surface area contributed by atoms with E-state index in [-0.39, 0.29) is 11.5 Å². The second-order valence-electron chi connectivity index (χ2n) is 4.11. The third kappa shape index (κ3) is 2.41. The number of anilines is 1. The van der Waals surface area contributed by atoms with Crippen molar-refractivity contribution in [3.05, 3.63) is 51.6 Å². The van der Waals surface area contributed by atoms with Crippen LogP contribution in [0.25, 0.3) is 11.3 Å². The van der Waals surface area contributed by atoms with E-state index in [9.17, 15) is 10.1 Å². The van der Waals surface area contributed by atoms with Crippen molar-refractivity contribution in [2.75, 3.05) is 5.43 Å². The average Bonchev–Trinajstić information content (AvgIpc) is 2.46. The van der Waals surface area contributed by atoms with Crippen molar-refractivity contribution in [3.8, 4) is 17.3 Å². The molecule has 100 valence electrons. The number of aromatic nitrogens is 1. The first-order valence-electron chi connectivity index (χ1n) is 5.70. The van der Waals surface area contributed by atoms with Gasteiger partial charge in [0.15, 0.2) is 5.82 Å². The third-order valence-electron chi connectivity index (χ3n) is 2.80. The van der Waals surface area contributed by atoms with Crippen molar-refractivity contribution < 1.29 is 4.92 Å². The number of benzene rings is 1. The predicted octanol–water partition coefficient (Wildman–Crippen LogP) is 2.12. The summed E-state index contributed by atoms with van der Waals surface area (Å²) < 4.78 is 0. The molecule has 0 aliphatic heterocycles. The van der Waals surface area contributed by atoms with Gasteiger partial charge in [0.1, 0.15) is 6.07 Å². The minimum atomic E-state index is -0.468. The molecule has 20 heavy (non-hydrogen) atoms. The van der Waals surface area contributed by atoms with Crippen LogP contribution in [0.1, 0.15) is 11.1 Å². The Bertz CT molecular complexity index is 721. The summed E-state index contributed by atoms with van der Waals surface area (Å²) in [5, 5.41) is 19.8. The molecule has 1 heterocycles. The predicted molar refractivity (Wildman–Crippen MR) is 73.6 cm³/mol. The van der Waals surface area contributed by atoms with E-state index in [1.54, 1.807) is 25.1 Å². The largest absolute Gasteiger partial charge is 0.307 e. The molecule has 0 unspecified atom stereocenters. The highest BCUT2D eigenvalue weighted by molar-refractivity contribution is 5.69. The Hall–Kier alpha value is -2.98. The standard InChI is InChI=1S/C13H11N5O2/c1-8-5-10(7-14)13(17-15)16-12(8)9-3-2-4-11(6-9)18(19)20/h2-6H,15H2,1H3,(H,16,17). The monoisotopic (exact) mass is 269 g/mol. The minimum Gasteiger partial charge on any atom is -0.307 e. The maximum Gasteiger partial charge on any atom is 0.270 e. The smallest absolute Gasteiger partial charge is 0.270 e. The summed E-state index contributed by atoms with van der Waals surface area (Å²) >= 11 is 0. The molecule has 7 heteroatoms. The molecule has 1 aromatic carbocycles. The maximum absolute atomic E-state index is 10.8. The number of rotatable bonds is 3. The normalized spacial score (nSPS) is 9.85. The van der Waals surface area contributed by atoms with Crippen LogP contribution < -0.4 is 11.3 Å². The van der Waals surface area contributed by atoms with Crippen LogP contribution in [0.3, 0.4) is 0 Å². The van der Waals surface area contributed by atoms with Gasteiger partial charge < -0.3 is 5.43 Å². The van der Waals surface area contributed by atoms with Gasteiger partial charge in [-0.2, -0.15) is 5.26 Å². The van der Waals surface area contributed by atoms with E-state index in [4.69, 9.17) is 11.1 Å². The number of non-ortho nitro benzene ring substituents is 1. The van der Waals surface area contributed by atoms with E-state index in [1.807, 2.05) is 6.07 Å². The molecule has 0 amide bonds. The lowest BCUT2D eigenvalue weighted by Gasteiger charge is -2.09. The molecule has 2 rings (SSSR count). The first-order valence-corrected chi connectivity index (χ1v) is 5.70. The number of aryl methyl sites for hydroxylation is 1. The first-order chi connectivity index (χ1) is 9.56. The summed E-state index contributed by atoms with van der Waals surface area (Å²) in [4.78, 5) is 14.6. The number of hydrogen-bond acceptors (Lipinski definition) is 6. The Morgan fingerprint density at radius 2 is 2.20 bits per heavy atom. The van der Waals surface area contributed by atoms with Crippen LogP contribution in [-0.2, 0) is 0 Å². The number of nitrogens with two attached hydrogens (primary N) is 1. The van der Waals surface area contributed by atoms with Gasteiger partial charge in [-0.15, -0.1) is 0 Å². The second-order valence-corrected chi connectivity index (χ2v) is 4.11. The van der Waals surface area contributed by atoms with Crippen molar-refractivity contribution in [3.63, 3.8) is 0 Å². The van der Waals surface area contributed by atoms with Gasteiger partial charge in [0.05, 0.1) is 16.2 Å². The molecule has 0 saturated heterocycles. The number of nitriles is 1. The zero-order valence-corrected chi connectivity index (χ0v) is 10.6. The molecule has 2 aromatic rings. The van der Waals surface area contributed by atoms with Crippen LogP contribution in [0, 0.1) is 28.4 Å². The number of nitro benzene ring substituents is 1. The highest BCUT2D eigenvalue weighted by Crippen LogP contribution is 2.27. The molecule has 3 N–H and O–H groups in total. The summed E-state index contributed by atoms with van der Waals surface area (Å²) in [5.74, 6) is 5.57. The number of nitro groups is 1. The molecule has 0 aliphatic carbocycles. The number of nitrogens with one attached hydrogen (secondary N) is 1. The molecule has 0 radical (unpaired) electrons. The van der Waals surface area contributed by atoms with Crippen molar-refractivity contribution in [1.29, 1.82) is 5.26 Å². The summed E-state index contributed by atoms with van der Waals surface area (Å²) in [7, 11) is 0. The number of nitrogens with zero attached hydrogens (tertiary/aromatic N) is 3. The van der Waals surface area contributed by atoms with E-state index in [1.165, 1.54) is 12.1 Å². The summed E-state index contributed by atoms with van der Waals surface area (Å²) in [6.07, 6.45) is 0. The zero-order valence-electron chi connectivity index (χ0n) is 10.6. The Balaban J connectivity index is 2.61. The molecule has 0 bridgehead atoms. The lowest BCUT2D eigenvalue weighted by molar-refractivity contribution is -0.384. The fraction of sp³-hybridized carbons (Fsp3) is 0.0769. The molecule has 0 fully saturated rings. The van der Waals surface area contributed by atoms with E-state index in [0.29, 0.717) is 16.8 Å². The lowest BCUT2D eigenvalue weighted by Crippen LogP contribution is -2.11. The van der Waals surface area contributed by atoms with Gasteiger partial charge in [0.25, 0.3) is 5.69 Å². The van der Waals surface area contributed by atoms with Gasteiger partial charge in [-0.25, -0.2) is 10.8 Å². The number of hydrogen-bond donors (Lipinski definition) is 2. The molecule has 0 aliphatic rings. The third-order valence-corrected chi connectivity index (χ3v) is 2.80. The summed E-state index contributed by atoms with van der Waals surface area (Å²) in [5.41, 5.74) is 4.53. The quantitative estimate of drug-likeness (QED) is 0.500. The molecule has 0 atom stereocenters. The molecule has 0 spiro atoms. The fourth-order valence-corrected chi connectivity index (χ4v) is 1.87. The highest BCUT2D eigenvalue weighted by Gasteiger charge is 2.13. The van der Waals surface area contributed by atoms with Crippen LogP contribution in [0.4, 0.5) is 11.5 Å². The van der Waals surface area contributed by atoms with Crippen LogP contribution >= 0.6 is 0 Å². The second kappa shape index (κ2) is 5.34. The van der Waals surface area contributed by atoms with E-state index >= 15 is 0 Å². The van der Waals surface area contributed by atoms with Crippen molar-refractivity contribution in [1.82, 2.24) is 4.98 Å². The highest BCUT2D eigenvalue weighted by atomic mass is 16.6. The molecule has 0 saturated carbocycles. The van der Waals surface area contributed by atoms with E-state index < -0.39 is 4.92 Å². The Morgan fingerprint density at radius 3 is 2.80 bits per heavy atom. The van der Waals surface area contributed by atoms with Crippen molar-refractivity contribution in [2.45, 2.75) is 6.92 Å². The fourth-order valence-electron chi connectivity index (χ4n) is 1.87.